The largest absolute Gasteiger partial charge is 0.489 e. The maximum absolute atomic E-state index is 12.6. The summed E-state index contributed by atoms with van der Waals surface area (Å²) in [6.45, 7) is 0.423. The molecule has 0 saturated carbocycles. The molecule has 0 aromatic heterocycles. The number of anilines is 1. The predicted molar refractivity (Wildman–Crippen MR) is 106 cm³/mol. The summed E-state index contributed by atoms with van der Waals surface area (Å²) in [7, 11) is -2.61. The van der Waals surface area contributed by atoms with Gasteiger partial charge in [0, 0.05) is 5.69 Å². The Balaban J connectivity index is 1.68. The summed E-state index contributed by atoms with van der Waals surface area (Å²) in [4.78, 5) is 11.6. The number of rotatable bonds is 7. The van der Waals surface area contributed by atoms with E-state index in [0.717, 1.165) is 5.56 Å². The molecule has 0 amide bonds. The van der Waals surface area contributed by atoms with Crippen molar-refractivity contribution in [2.75, 3.05) is 11.8 Å². The molecule has 0 saturated heterocycles. The maximum Gasteiger partial charge on any atom is 0.337 e. The van der Waals surface area contributed by atoms with Crippen molar-refractivity contribution in [3.8, 4) is 5.75 Å². The van der Waals surface area contributed by atoms with Crippen molar-refractivity contribution < 1.29 is 22.7 Å². The van der Waals surface area contributed by atoms with Crippen molar-refractivity contribution in [2.24, 2.45) is 0 Å². The first-order valence-corrected chi connectivity index (χ1v) is 9.94. The lowest BCUT2D eigenvalue weighted by Gasteiger charge is -2.10. The van der Waals surface area contributed by atoms with E-state index in [1.54, 1.807) is 24.3 Å². The number of esters is 1. The molecule has 0 unspecified atom stereocenters. The number of ether oxygens (including phenoxy) is 2. The number of carbonyl (C=O) groups excluding carboxylic acids is 1. The van der Waals surface area contributed by atoms with E-state index in [0.29, 0.717) is 18.0 Å². The van der Waals surface area contributed by atoms with Gasteiger partial charge in [0.05, 0.1) is 17.6 Å². The van der Waals surface area contributed by atoms with Gasteiger partial charge in [-0.25, -0.2) is 13.2 Å². The Morgan fingerprint density at radius 2 is 1.64 bits per heavy atom. The maximum atomic E-state index is 12.6. The zero-order chi connectivity index (χ0) is 20.0. The van der Waals surface area contributed by atoms with Crippen molar-refractivity contribution in [1.82, 2.24) is 0 Å². The van der Waals surface area contributed by atoms with E-state index in [2.05, 4.69) is 9.46 Å². The molecule has 7 heteroatoms. The number of carbonyl (C=O) groups is 1. The van der Waals surface area contributed by atoms with Crippen molar-refractivity contribution in [3.63, 3.8) is 0 Å². The first kappa shape index (κ1) is 19.4. The second kappa shape index (κ2) is 8.58. The molecule has 3 aromatic carbocycles. The number of hydrogen-bond acceptors (Lipinski definition) is 5. The standard InChI is InChI=1S/C21H19NO5S/c1-26-21(23)17-8-5-9-20(14-17)28(24,25)22-18-10-12-19(13-11-18)27-15-16-6-3-2-4-7-16/h2-14,22H,15H2,1H3. The first-order valence-electron chi connectivity index (χ1n) is 8.46. The van der Waals surface area contributed by atoms with Gasteiger partial charge in [-0.2, -0.15) is 0 Å². The molecule has 0 spiro atoms. The van der Waals surface area contributed by atoms with Crippen LogP contribution >= 0.6 is 0 Å². The predicted octanol–water partition coefficient (Wildman–Crippen LogP) is 3.85. The molecule has 0 heterocycles. The van der Waals surface area contributed by atoms with Crippen LogP contribution in [0.15, 0.2) is 83.8 Å². The summed E-state index contributed by atoms with van der Waals surface area (Å²) in [5.74, 6) is 0.0245. The lowest BCUT2D eigenvalue weighted by Crippen LogP contribution is -2.14. The Labute approximate surface area is 163 Å². The molecule has 3 rings (SSSR count). The van der Waals surface area contributed by atoms with Crippen molar-refractivity contribution in [1.29, 1.82) is 0 Å². The molecular weight excluding hydrogens is 378 g/mol. The van der Waals surface area contributed by atoms with E-state index in [1.807, 2.05) is 30.3 Å². The molecule has 144 valence electrons. The number of hydrogen-bond donors (Lipinski definition) is 1. The third-order valence-electron chi connectivity index (χ3n) is 3.92. The second-order valence-corrected chi connectivity index (χ2v) is 7.61. The van der Waals surface area contributed by atoms with Gasteiger partial charge < -0.3 is 9.47 Å². The third kappa shape index (κ3) is 4.89. The summed E-state index contributed by atoms with van der Waals surface area (Å²) in [6, 6.07) is 22.0. The van der Waals surface area contributed by atoms with Crippen LogP contribution in [0, 0.1) is 0 Å². The van der Waals surface area contributed by atoms with Crippen LogP contribution in [-0.4, -0.2) is 21.5 Å². The molecule has 0 aliphatic carbocycles. The number of benzene rings is 3. The lowest BCUT2D eigenvalue weighted by atomic mass is 10.2. The van der Waals surface area contributed by atoms with Crippen LogP contribution in [0.25, 0.3) is 0 Å². The summed E-state index contributed by atoms with van der Waals surface area (Å²) >= 11 is 0. The minimum absolute atomic E-state index is 0.0280. The Kier molecular flexibility index (Phi) is 5.96. The minimum atomic E-state index is -3.84. The van der Waals surface area contributed by atoms with E-state index >= 15 is 0 Å². The van der Waals surface area contributed by atoms with Crippen LogP contribution in [0.2, 0.25) is 0 Å². The molecule has 0 aliphatic rings. The number of methoxy groups -OCH3 is 1. The van der Waals surface area contributed by atoms with Crippen molar-refractivity contribution >= 4 is 21.7 Å². The van der Waals surface area contributed by atoms with Crippen LogP contribution in [0.5, 0.6) is 5.75 Å². The normalized spacial score (nSPS) is 10.9. The van der Waals surface area contributed by atoms with Crippen molar-refractivity contribution in [3.05, 3.63) is 90.0 Å². The fraction of sp³-hybridized carbons (Fsp3) is 0.0952. The molecule has 0 aliphatic heterocycles. The van der Waals surface area contributed by atoms with E-state index < -0.39 is 16.0 Å². The van der Waals surface area contributed by atoms with E-state index in [4.69, 9.17) is 4.74 Å². The van der Waals surface area contributed by atoms with Gasteiger partial charge in [0.25, 0.3) is 10.0 Å². The van der Waals surface area contributed by atoms with Crippen LogP contribution < -0.4 is 9.46 Å². The van der Waals surface area contributed by atoms with Crippen molar-refractivity contribution in [2.45, 2.75) is 11.5 Å². The van der Waals surface area contributed by atoms with Crippen LogP contribution in [-0.2, 0) is 21.4 Å². The van der Waals surface area contributed by atoms with Gasteiger partial charge in [-0.3, -0.25) is 4.72 Å². The van der Waals surface area contributed by atoms with Gasteiger partial charge in [-0.15, -0.1) is 0 Å². The Hall–Kier alpha value is -3.32. The zero-order valence-corrected chi connectivity index (χ0v) is 16.0. The van der Waals surface area contributed by atoms with E-state index in [9.17, 15) is 13.2 Å². The van der Waals surface area contributed by atoms with Gasteiger partial charge >= 0.3 is 5.97 Å². The number of nitrogens with one attached hydrogen (secondary N) is 1. The van der Waals surface area contributed by atoms with Gasteiger partial charge in [0.2, 0.25) is 0 Å². The molecule has 3 aromatic rings. The lowest BCUT2D eigenvalue weighted by molar-refractivity contribution is 0.0600. The molecule has 28 heavy (non-hydrogen) atoms. The summed E-state index contributed by atoms with van der Waals surface area (Å²) < 4.78 is 37.9. The highest BCUT2D eigenvalue weighted by atomic mass is 32.2. The molecule has 0 radical (unpaired) electrons. The molecule has 0 fully saturated rings. The highest BCUT2D eigenvalue weighted by Gasteiger charge is 2.16. The summed E-state index contributed by atoms with van der Waals surface area (Å²) in [6.07, 6.45) is 0. The topological polar surface area (TPSA) is 81.7 Å². The van der Waals surface area contributed by atoms with Gasteiger partial charge in [-0.05, 0) is 48.0 Å². The van der Waals surface area contributed by atoms with Crippen LogP contribution in [0.3, 0.4) is 0 Å². The molecule has 0 atom stereocenters. The van der Waals surface area contributed by atoms with Gasteiger partial charge in [0.15, 0.2) is 0 Å². The first-order chi connectivity index (χ1) is 13.5. The third-order valence-corrected chi connectivity index (χ3v) is 5.30. The highest BCUT2D eigenvalue weighted by molar-refractivity contribution is 7.92. The van der Waals surface area contributed by atoms with Gasteiger partial charge in [-0.1, -0.05) is 36.4 Å². The smallest absolute Gasteiger partial charge is 0.337 e. The second-order valence-electron chi connectivity index (χ2n) is 5.92. The monoisotopic (exact) mass is 397 g/mol. The summed E-state index contributed by atoms with van der Waals surface area (Å²) in [5.41, 5.74) is 1.59. The molecule has 6 nitrogen and oxygen atoms in total. The van der Waals surface area contributed by atoms with Gasteiger partial charge in [0.1, 0.15) is 12.4 Å². The minimum Gasteiger partial charge on any atom is -0.489 e. The SMILES string of the molecule is COC(=O)c1cccc(S(=O)(=O)Nc2ccc(OCc3ccccc3)cc2)c1. The highest BCUT2D eigenvalue weighted by Crippen LogP contribution is 2.21. The summed E-state index contributed by atoms with van der Waals surface area (Å²) in [5, 5.41) is 0. The average molecular weight is 397 g/mol. The van der Waals surface area contributed by atoms with E-state index in [1.165, 1.54) is 31.4 Å². The quantitative estimate of drug-likeness (QED) is 0.613. The van der Waals surface area contributed by atoms with Crippen LogP contribution in [0.1, 0.15) is 15.9 Å². The molecule has 1 N–H and O–H groups in total. The number of sulfonamides is 1. The zero-order valence-electron chi connectivity index (χ0n) is 15.2. The Morgan fingerprint density at radius 3 is 2.32 bits per heavy atom. The fourth-order valence-electron chi connectivity index (χ4n) is 2.48. The average Bonchev–Trinajstić information content (AvgIpc) is 2.73. The van der Waals surface area contributed by atoms with Crippen LogP contribution in [0.4, 0.5) is 5.69 Å². The molecular formula is C21H19NO5S. The molecule has 0 bridgehead atoms. The van der Waals surface area contributed by atoms with E-state index in [-0.39, 0.29) is 10.5 Å². The Morgan fingerprint density at radius 1 is 0.929 bits per heavy atom. The fourth-order valence-corrected chi connectivity index (χ4v) is 3.59. The Bertz CT molecular complexity index is 1050.